The van der Waals surface area contributed by atoms with Crippen molar-refractivity contribution < 1.29 is 9.18 Å². The Hall–Kier alpha value is -1.97. The summed E-state index contributed by atoms with van der Waals surface area (Å²) < 4.78 is 14.3. The molecule has 0 fully saturated rings. The fraction of sp³-hybridized carbons (Fsp3) is 0.167. The maximum Gasteiger partial charge on any atom is 0.211 e. The van der Waals surface area contributed by atoms with E-state index in [1.807, 2.05) is 6.92 Å². The molecule has 0 radical (unpaired) electrons. The predicted octanol–water partition coefficient (Wildman–Crippen LogP) is 2.27. The molecule has 1 heterocycles. The molecule has 0 aliphatic carbocycles. The van der Waals surface area contributed by atoms with Crippen LogP contribution in [0, 0.1) is 5.82 Å². The minimum absolute atomic E-state index is 0.139. The second-order valence-corrected chi connectivity index (χ2v) is 3.37. The molecule has 4 heteroatoms. The number of ketones is 1. The average Bonchev–Trinajstić information content (AvgIpc) is 2.77. The van der Waals surface area contributed by atoms with Crippen molar-refractivity contribution >= 4 is 5.78 Å². The minimum Gasteiger partial charge on any atom is -0.287 e. The molecule has 82 valence electrons. The van der Waals surface area contributed by atoms with Gasteiger partial charge in [-0.15, -0.1) is 0 Å². The van der Waals surface area contributed by atoms with E-state index in [1.165, 1.54) is 24.3 Å². The first-order chi connectivity index (χ1) is 7.72. The summed E-state index contributed by atoms with van der Waals surface area (Å²) in [6.07, 6.45) is 1.58. The Balaban J connectivity index is 2.35. The van der Waals surface area contributed by atoms with Crippen LogP contribution in [0.2, 0.25) is 0 Å². The Morgan fingerprint density at radius 2 is 2.00 bits per heavy atom. The minimum atomic E-state index is -0.347. The van der Waals surface area contributed by atoms with Gasteiger partial charge >= 0.3 is 0 Å². The number of nitrogens with zero attached hydrogens (tertiary/aromatic N) is 2. The van der Waals surface area contributed by atoms with Gasteiger partial charge < -0.3 is 0 Å². The van der Waals surface area contributed by atoms with E-state index in [9.17, 15) is 9.18 Å². The van der Waals surface area contributed by atoms with Crippen molar-refractivity contribution in [2.75, 3.05) is 0 Å². The number of carbonyl (C=O) groups excluding carboxylic acids is 1. The summed E-state index contributed by atoms with van der Waals surface area (Å²) in [5, 5.41) is 4.02. The highest BCUT2D eigenvalue weighted by atomic mass is 19.1. The monoisotopic (exact) mass is 218 g/mol. The van der Waals surface area contributed by atoms with Gasteiger partial charge in [0.25, 0.3) is 0 Å². The zero-order valence-electron chi connectivity index (χ0n) is 8.85. The van der Waals surface area contributed by atoms with Crippen molar-refractivity contribution in [3.8, 4) is 0 Å². The quantitative estimate of drug-likeness (QED) is 0.741. The number of carbonyl (C=O) groups is 1. The van der Waals surface area contributed by atoms with Crippen molar-refractivity contribution in [1.29, 1.82) is 0 Å². The SMILES string of the molecule is CCn1nccc1C(=O)c1ccc(F)cc1. The highest BCUT2D eigenvalue weighted by Gasteiger charge is 2.13. The van der Waals surface area contributed by atoms with E-state index < -0.39 is 0 Å². The molecule has 2 aromatic rings. The molecule has 0 saturated heterocycles. The zero-order chi connectivity index (χ0) is 11.5. The van der Waals surface area contributed by atoms with Gasteiger partial charge in [0.1, 0.15) is 11.5 Å². The van der Waals surface area contributed by atoms with Gasteiger partial charge in [-0.05, 0) is 37.3 Å². The highest BCUT2D eigenvalue weighted by molar-refractivity contribution is 6.07. The summed E-state index contributed by atoms with van der Waals surface area (Å²) in [5.41, 5.74) is 0.991. The summed E-state index contributed by atoms with van der Waals surface area (Å²) in [6.45, 7) is 2.55. The lowest BCUT2D eigenvalue weighted by Crippen LogP contribution is -2.10. The number of halogens is 1. The van der Waals surface area contributed by atoms with E-state index in [1.54, 1.807) is 16.9 Å². The molecule has 0 spiro atoms. The van der Waals surface area contributed by atoms with E-state index in [0.717, 1.165) is 0 Å². The fourth-order valence-corrected chi connectivity index (χ4v) is 1.53. The second-order valence-electron chi connectivity index (χ2n) is 3.37. The Morgan fingerprint density at radius 3 is 2.62 bits per heavy atom. The van der Waals surface area contributed by atoms with Crippen LogP contribution in [0.3, 0.4) is 0 Å². The Labute approximate surface area is 92.5 Å². The predicted molar refractivity (Wildman–Crippen MR) is 57.7 cm³/mol. The molecule has 1 aromatic carbocycles. The molecule has 0 aliphatic heterocycles. The van der Waals surface area contributed by atoms with Gasteiger partial charge in [-0.1, -0.05) is 0 Å². The van der Waals surface area contributed by atoms with Crippen LogP contribution >= 0.6 is 0 Å². The van der Waals surface area contributed by atoms with Crippen LogP contribution in [0.15, 0.2) is 36.5 Å². The van der Waals surface area contributed by atoms with Crippen molar-refractivity contribution in [3.05, 3.63) is 53.6 Å². The Kier molecular flexibility index (Phi) is 2.81. The molecule has 0 amide bonds. The molecular weight excluding hydrogens is 207 g/mol. The molecular formula is C12H11FN2O. The number of hydrogen-bond acceptors (Lipinski definition) is 2. The number of aromatic nitrogens is 2. The van der Waals surface area contributed by atoms with Gasteiger partial charge in [0.15, 0.2) is 0 Å². The van der Waals surface area contributed by atoms with E-state index in [0.29, 0.717) is 17.8 Å². The normalized spacial score (nSPS) is 10.4. The van der Waals surface area contributed by atoms with Gasteiger partial charge in [-0.25, -0.2) is 4.39 Å². The molecule has 0 bridgehead atoms. The van der Waals surface area contributed by atoms with Gasteiger partial charge in [0.2, 0.25) is 5.78 Å². The topological polar surface area (TPSA) is 34.9 Å². The second kappa shape index (κ2) is 4.26. The maximum atomic E-state index is 12.7. The van der Waals surface area contributed by atoms with Gasteiger partial charge in [0, 0.05) is 18.3 Å². The summed E-state index contributed by atoms with van der Waals surface area (Å²) in [4.78, 5) is 12.0. The van der Waals surface area contributed by atoms with E-state index >= 15 is 0 Å². The van der Waals surface area contributed by atoms with Crippen LogP contribution in [-0.4, -0.2) is 15.6 Å². The smallest absolute Gasteiger partial charge is 0.211 e. The van der Waals surface area contributed by atoms with Gasteiger partial charge in [-0.2, -0.15) is 5.10 Å². The van der Waals surface area contributed by atoms with Gasteiger partial charge in [-0.3, -0.25) is 9.48 Å². The first kappa shape index (κ1) is 10.5. The van der Waals surface area contributed by atoms with E-state index in [-0.39, 0.29) is 11.6 Å². The highest BCUT2D eigenvalue weighted by Crippen LogP contribution is 2.10. The molecule has 3 nitrogen and oxygen atoms in total. The number of aryl methyl sites for hydroxylation is 1. The van der Waals surface area contributed by atoms with Crippen LogP contribution in [0.5, 0.6) is 0 Å². The molecule has 0 unspecified atom stereocenters. The first-order valence-corrected chi connectivity index (χ1v) is 5.04. The molecule has 0 saturated carbocycles. The number of hydrogen-bond donors (Lipinski definition) is 0. The third-order valence-electron chi connectivity index (χ3n) is 2.36. The summed E-state index contributed by atoms with van der Waals surface area (Å²) in [7, 11) is 0. The number of rotatable bonds is 3. The van der Waals surface area contributed by atoms with Crippen LogP contribution in [-0.2, 0) is 6.54 Å². The van der Waals surface area contributed by atoms with Gasteiger partial charge in [0.05, 0.1) is 0 Å². The average molecular weight is 218 g/mol. The lowest BCUT2D eigenvalue weighted by atomic mass is 10.1. The molecule has 2 rings (SSSR count). The van der Waals surface area contributed by atoms with Crippen molar-refractivity contribution in [2.24, 2.45) is 0 Å². The van der Waals surface area contributed by atoms with Crippen LogP contribution in [0.4, 0.5) is 4.39 Å². The molecule has 1 aromatic heterocycles. The molecule has 0 atom stereocenters. The van der Waals surface area contributed by atoms with Crippen LogP contribution in [0.25, 0.3) is 0 Å². The largest absolute Gasteiger partial charge is 0.287 e. The van der Waals surface area contributed by atoms with Crippen molar-refractivity contribution in [1.82, 2.24) is 9.78 Å². The summed E-state index contributed by atoms with van der Waals surface area (Å²) >= 11 is 0. The van der Waals surface area contributed by atoms with E-state index in [2.05, 4.69) is 5.10 Å². The van der Waals surface area contributed by atoms with Crippen molar-refractivity contribution in [2.45, 2.75) is 13.5 Å². The lowest BCUT2D eigenvalue weighted by Gasteiger charge is -2.03. The first-order valence-electron chi connectivity index (χ1n) is 5.04. The standard InChI is InChI=1S/C12H11FN2O/c1-2-15-11(7-8-14-15)12(16)9-3-5-10(13)6-4-9/h3-8H,2H2,1H3. The van der Waals surface area contributed by atoms with Crippen molar-refractivity contribution in [3.63, 3.8) is 0 Å². The Bertz CT molecular complexity index is 502. The number of benzene rings is 1. The lowest BCUT2D eigenvalue weighted by molar-refractivity contribution is 0.102. The van der Waals surface area contributed by atoms with Crippen LogP contribution in [0.1, 0.15) is 23.0 Å². The summed E-state index contributed by atoms with van der Waals surface area (Å²) in [6, 6.07) is 7.17. The summed E-state index contributed by atoms with van der Waals surface area (Å²) in [5.74, 6) is -0.486. The zero-order valence-corrected chi connectivity index (χ0v) is 8.85. The molecule has 16 heavy (non-hydrogen) atoms. The molecule has 0 N–H and O–H groups in total. The third kappa shape index (κ3) is 1.86. The molecule has 0 aliphatic rings. The van der Waals surface area contributed by atoms with E-state index in [4.69, 9.17) is 0 Å². The van der Waals surface area contributed by atoms with Crippen LogP contribution < -0.4 is 0 Å². The fourth-order valence-electron chi connectivity index (χ4n) is 1.53. The maximum absolute atomic E-state index is 12.7. The third-order valence-corrected chi connectivity index (χ3v) is 2.36. The Morgan fingerprint density at radius 1 is 1.31 bits per heavy atom.